The van der Waals surface area contributed by atoms with Crippen LogP contribution in [0.3, 0.4) is 0 Å². The fourth-order valence-electron chi connectivity index (χ4n) is 2.77. The van der Waals surface area contributed by atoms with Gasteiger partial charge in [0.25, 0.3) is 5.91 Å². The third-order valence-electron chi connectivity index (χ3n) is 4.24. The molecule has 0 atom stereocenters. The third-order valence-corrected chi connectivity index (χ3v) is 4.24. The molecule has 2 aromatic rings. The standard InChI is InChI=1S/C18H23N7O/c1-11-9-15(23-24-16(11)18(26)19-3)21-14-10-12(2)20-17(22-14)13-5-7-25(4)8-6-13/h5,9-10H,6-8H2,1-4H3,(H,19,26)(H,20,21,22,23). The van der Waals surface area contributed by atoms with E-state index < -0.39 is 0 Å². The molecule has 0 unspecified atom stereocenters. The van der Waals surface area contributed by atoms with Crippen LogP contribution in [0.25, 0.3) is 5.57 Å². The van der Waals surface area contributed by atoms with Crippen molar-refractivity contribution in [3.8, 4) is 0 Å². The Balaban J connectivity index is 1.84. The zero-order valence-corrected chi connectivity index (χ0v) is 15.5. The Hall–Kier alpha value is -2.87. The zero-order chi connectivity index (χ0) is 18.7. The van der Waals surface area contributed by atoms with Gasteiger partial charge in [0.2, 0.25) is 0 Å². The van der Waals surface area contributed by atoms with E-state index in [9.17, 15) is 4.79 Å². The van der Waals surface area contributed by atoms with Crippen LogP contribution in [0.15, 0.2) is 18.2 Å². The summed E-state index contributed by atoms with van der Waals surface area (Å²) in [5.74, 6) is 1.69. The number of rotatable bonds is 4. The van der Waals surface area contributed by atoms with Crippen molar-refractivity contribution in [2.24, 2.45) is 0 Å². The molecule has 0 saturated carbocycles. The van der Waals surface area contributed by atoms with Gasteiger partial charge in [-0.1, -0.05) is 6.08 Å². The topological polar surface area (TPSA) is 95.9 Å². The Labute approximate surface area is 152 Å². The Bertz CT molecular complexity index is 863. The molecule has 2 aromatic heterocycles. The molecule has 8 heteroatoms. The van der Waals surface area contributed by atoms with Gasteiger partial charge in [-0.3, -0.25) is 4.79 Å². The number of likely N-dealkylation sites (N-methyl/N-ethyl adjacent to an activating group) is 1. The number of amides is 1. The van der Waals surface area contributed by atoms with E-state index in [4.69, 9.17) is 0 Å². The van der Waals surface area contributed by atoms with Crippen molar-refractivity contribution >= 4 is 23.1 Å². The summed E-state index contributed by atoms with van der Waals surface area (Å²) in [5, 5.41) is 13.8. The molecule has 0 aromatic carbocycles. The second-order valence-corrected chi connectivity index (χ2v) is 6.43. The highest BCUT2D eigenvalue weighted by atomic mass is 16.1. The lowest BCUT2D eigenvalue weighted by atomic mass is 10.1. The molecule has 136 valence electrons. The van der Waals surface area contributed by atoms with Gasteiger partial charge in [0, 0.05) is 31.9 Å². The summed E-state index contributed by atoms with van der Waals surface area (Å²) >= 11 is 0. The van der Waals surface area contributed by atoms with Crippen LogP contribution in [-0.4, -0.2) is 58.2 Å². The summed E-state index contributed by atoms with van der Waals surface area (Å²) in [6.45, 7) is 5.67. The van der Waals surface area contributed by atoms with E-state index in [1.165, 1.54) is 0 Å². The van der Waals surface area contributed by atoms with Gasteiger partial charge in [-0.15, -0.1) is 10.2 Å². The quantitative estimate of drug-likeness (QED) is 0.864. The molecule has 1 amide bonds. The molecule has 3 heterocycles. The Morgan fingerprint density at radius 2 is 1.96 bits per heavy atom. The smallest absolute Gasteiger partial charge is 0.271 e. The molecule has 0 radical (unpaired) electrons. The number of aryl methyl sites for hydroxylation is 2. The maximum Gasteiger partial charge on any atom is 0.271 e. The van der Waals surface area contributed by atoms with Gasteiger partial charge >= 0.3 is 0 Å². The van der Waals surface area contributed by atoms with Gasteiger partial charge in [-0.25, -0.2) is 9.97 Å². The van der Waals surface area contributed by atoms with E-state index in [0.717, 1.165) is 42.2 Å². The first-order valence-corrected chi connectivity index (χ1v) is 8.53. The molecule has 2 N–H and O–H groups in total. The zero-order valence-electron chi connectivity index (χ0n) is 15.5. The van der Waals surface area contributed by atoms with Crippen LogP contribution >= 0.6 is 0 Å². The SMILES string of the molecule is CNC(=O)c1nnc(Nc2cc(C)nc(C3=CCN(C)CC3)n2)cc1C. The first-order valence-electron chi connectivity index (χ1n) is 8.53. The minimum absolute atomic E-state index is 0.254. The molecule has 1 aliphatic rings. The van der Waals surface area contributed by atoms with Gasteiger partial charge in [0.1, 0.15) is 5.82 Å². The van der Waals surface area contributed by atoms with Crippen molar-refractivity contribution in [2.45, 2.75) is 20.3 Å². The van der Waals surface area contributed by atoms with E-state index >= 15 is 0 Å². The maximum atomic E-state index is 11.7. The van der Waals surface area contributed by atoms with Crippen LogP contribution in [0.1, 0.15) is 34.0 Å². The van der Waals surface area contributed by atoms with Crippen molar-refractivity contribution in [1.29, 1.82) is 0 Å². The largest absolute Gasteiger partial charge is 0.354 e. The van der Waals surface area contributed by atoms with Crippen LogP contribution in [0.4, 0.5) is 11.6 Å². The summed E-state index contributed by atoms with van der Waals surface area (Å²) in [6.07, 6.45) is 3.10. The average molecular weight is 353 g/mol. The van der Waals surface area contributed by atoms with Gasteiger partial charge in [0.15, 0.2) is 17.3 Å². The Morgan fingerprint density at radius 1 is 1.15 bits per heavy atom. The lowest BCUT2D eigenvalue weighted by Crippen LogP contribution is -2.24. The molecule has 0 bridgehead atoms. The van der Waals surface area contributed by atoms with Crippen LogP contribution in [0, 0.1) is 13.8 Å². The third kappa shape index (κ3) is 4.02. The number of hydrogen-bond donors (Lipinski definition) is 2. The Morgan fingerprint density at radius 3 is 2.62 bits per heavy atom. The number of hydrogen-bond acceptors (Lipinski definition) is 7. The first kappa shape index (κ1) is 17.9. The predicted octanol–water partition coefficient (Wildman–Crippen LogP) is 1.71. The number of carbonyl (C=O) groups is 1. The fraction of sp³-hybridized carbons (Fsp3) is 0.389. The fourth-order valence-corrected chi connectivity index (χ4v) is 2.77. The molecule has 0 fully saturated rings. The molecule has 26 heavy (non-hydrogen) atoms. The number of nitrogens with zero attached hydrogens (tertiary/aromatic N) is 5. The molecular formula is C18H23N7O. The monoisotopic (exact) mass is 353 g/mol. The van der Waals surface area contributed by atoms with Crippen LogP contribution in [0.2, 0.25) is 0 Å². The van der Waals surface area contributed by atoms with E-state index in [1.807, 2.05) is 19.9 Å². The minimum atomic E-state index is -0.254. The maximum absolute atomic E-state index is 11.7. The number of aromatic nitrogens is 4. The highest BCUT2D eigenvalue weighted by Crippen LogP contribution is 2.22. The van der Waals surface area contributed by atoms with Crippen molar-refractivity contribution in [1.82, 2.24) is 30.4 Å². The highest BCUT2D eigenvalue weighted by Gasteiger charge is 2.14. The lowest BCUT2D eigenvalue weighted by molar-refractivity contribution is 0.0956. The van der Waals surface area contributed by atoms with E-state index in [-0.39, 0.29) is 5.91 Å². The molecule has 0 aliphatic carbocycles. The second kappa shape index (κ2) is 7.57. The summed E-state index contributed by atoms with van der Waals surface area (Å²) in [7, 11) is 3.67. The summed E-state index contributed by atoms with van der Waals surface area (Å²) in [4.78, 5) is 23.2. The van der Waals surface area contributed by atoms with E-state index in [0.29, 0.717) is 17.3 Å². The van der Waals surface area contributed by atoms with Crippen LogP contribution in [0.5, 0.6) is 0 Å². The minimum Gasteiger partial charge on any atom is -0.354 e. The number of nitrogens with one attached hydrogen (secondary N) is 2. The van der Waals surface area contributed by atoms with Gasteiger partial charge < -0.3 is 15.5 Å². The van der Waals surface area contributed by atoms with E-state index in [2.05, 4.69) is 48.8 Å². The molecule has 1 aliphatic heterocycles. The van der Waals surface area contributed by atoms with Crippen molar-refractivity contribution in [3.05, 3.63) is 41.0 Å². The van der Waals surface area contributed by atoms with Gasteiger partial charge in [0.05, 0.1) is 0 Å². The molecule has 0 saturated heterocycles. The number of anilines is 2. The molecule has 3 rings (SSSR count). The normalized spacial score (nSPS) is 14.7. The van der Waals surface area contributed by atoms with Crippen molar-refractivity contribution < 1.29 is 4.79 Å². The average Bonchev–Trinajstić information content (AvgIpc) is 2.61. The van der Waals surface area contributed by atoms with Crippen LogP contribution < -0.4 is 10.6 Å². The van der Waals surface area contributed by atoms with Gasteiger partial charge in [-0.2, -0.15) is 0 Å². The molecule has 0 spiro atoms. The molecular weight excluding hydrogens is 330 g/mol. The van der Waals surface area contributed by atoms with Crippen LogP contribution in [-0.2, 0) is 0 Å². The summed E-state index contributed by atoms with van der Waals surface area (Å²) in [5.41, 5.74) is 3.09. The lowest BCUT2D eigenvalue weighted by Gasteiger charge is -2.21. The second-order valence-electron chi connectivity index (χ2n) is 6.43. The molecule has 8 nitrogen and oxygen atoms in total. The van der Waals surface area contributed by atoms with E-state index in [1.54, 1.807) is 13.1 Å². The number of carbonyl (C=O) groups excluding carboxylic acids is 1. The van der Waals surface area contributed by atoms with Gasteiger partial charge in [-0.05, 0) is 44.5 Å². The Kier molecular flexibility index (Phi) is 5.22. The van der Waals surface area contributed by atoms with Crippen molar-refractivity contribution in [3.63, 3.8) is 0 Å². The highest BCUT2D eigenvalue weighted by molar-refractivity contribution is 5.93. The summed E-state index contributed by atoms with van der Waals surface area (Å²) < 4.78 is 0. The van der Waals surface area contributed by atoms with Crippen molar-refractivity contribution in [2.75, 3.05) is 32.5 Å². The first-order chi connectivity index (χ1) is 12.5. The summed E-state index contributed by atoms with van der Waals surface area (Å²) in [6, 6.07) is 3.65. The predicted molar refractivity (Wildman–Crippen MR) is 100 cm³/mol.